The van der Waals surface area contributed by atoms with Crippen LogP contribution in [-0.4, -0.2) is 53.1 Å². The van der Waals surface area contributed by atoms with Gasteiger partial charge in [0.05, 0.1) is 12.7 Å². The summed E-state index contributed by atoms with van der Waals surface area (Å²) >= 11 is 0. The second kappa shape index (κ2) is 8.22. The van der Waals surface area contributed by atoms with Crippen molar-refractivity contribution in [2.75, 3.05) is 13.2 Å². The van der Waals surface area contributed by atoms with E-state index in [-0.39, 0.29) is 24.2 Å². The van der Waals surface area contributed by atoms with Gasteiger partial charge in [-0.2, -0.15) is 0 Å². The van der Waals surface area contributed by atoms with Gasteiger partial charge < -0.3 is 19.7 Å². The van der Waals surface area contributed by atoms with Gasteiger partial charge in [-0.3, -0.25) is 0 Å². The molecule has 0 aromatic rings. The van der Waals surface area contributed by atoms with E-state index < -0.39 is 12.5 Å². The van der Waals surface area contributed by atoms with Crippen molar-refractivity contribution in [3.63, 3.8) is 0 Å². The van der Waals surface area contributed by atoms with Gasteiger partial charge in [-0.15, -0.1) is 0 Å². The van der Waals surface area contributed by atoms with Gasteiger partial charge in [0.2, 0.25) is 0 Å². The van der Waals surface area contributed by atoms with E-state index >= 15 is 0 Å². The molecule has 0 amide bonds. The molecule has 5 heteroatoms. The maximum Gasteiger partial charge on any atom is 0.161 e. The zero-order valence-electron chi connectivity index (χ0n) is 16.3. The summed E-state index contributed by atoms with van der Waals surface area (Å²) in [7, 11) is 0. The molecular formula is C20H37NO4. The van der Waals surface area contributed by atoms with Crippen molar-refractivity contribution in [3.8, 4) is 0 Å². The van der Waals surface area contributed by atoms with Crippen LogP contribution in [0.4, 0.5) is 0 Å². The highest BCUT2D eigenvalue weighted by Gasteiger charge is 2.50. The van der Waals surface area contributed by atoms with Crippen molar-refractivity contribution in [1.29, 1.82) is 0 Å². The van der Waals surface area contributed by atoms with Gasteiger partial charge in [-0.1, -0.05) is 47.0 Å². The summed E-state index contributed by atoms with van der Waals surface area (Å²) in [6, 6.07) is 0. The zero-order chi connectivity index (χ0) is 18.1. The van der Waals surface area contributed by atoms with Gasteiger partial charge in [0.25, 0.3) is 0 Å². The number of aliphatic hydroxyl groups excluding tert-OH is 2. The predicted octanol–water partition coefficient (Wildman–Crippen LogP) is 2.81. The van der Waals surface area contributed by atoms with E-state index in [1.54, 1.807) is 0 Å². The minimum Gasteiger partial charge on any atom is -0.378 e. The second-order valence-electron chi connectivity index (χ2n) is 9.02. The maximum atomic E-state index is 10.9. The van der Waals surface area contributed by atoms with Crippen LogP contribution in [0.15, 0.2) is 0 Å². The Balaban J connectivity index is 1.60. The molecule has 1 aliphatic carbocycles. The fraction of sp³-hybridized carbons (Fsp3) is 1.00. The number of hydrogen-bond acceptors (Lipinski definition) is 5. The molecular weight excluding hydrogens is 318 g/mol. The number of aliphatic hydroxyl groups is 2. The Morgan fingerprint density at radius 2 is 1.48 bits per heavy atom. The summed E-state index contributed by atoms with van der Waals surface area (Å²) in [5.74, 6) is 1.35. The van der Waals surface area contributed by atoms with E-state index in [1.807, 2.05) is 4.90 Å². The van der Waals surface area contributed by atoms with E-state index in [0.717, 1.165) is 0 Å². The molecule has 5 nitrogen and oxygen atoms in total. The molecule has 2 aliphatic heterocycles. The number of likely N-dealkylation sites (tertiary alicyclic amines) is 1. The Hall–Kier alpha value is -0.200. The first-order chi connectivity index (χ1) is 11.9. The van der Waals surface area contributed by atoms with Crippen LogP contribution in [0.5, 0.6) is 0 Å². The monoisotopic (exact) mass is 355 g/mol. The highest BCUT2D eigenvalue weighted by molar-refractivity contribution is 4.94. The first kappa shape index (κ1) is 19.6. The molecule has 2 saturated heterocycles. The Bertz CT molecular complexity index is 404. The Morgan fingerprint density at radius 1 is 0.920 bits per heavy atom. The van der Waals surface area contributed by atoms with Crippen molar-refractivity contribution >= 4 is 0 Å². The van der Waals surface area contributed by atoms with E-state index in [9.17, 15) is 10.2 Å². The fourth-order valence-corrected chi connectivity index (χ4v) is 5.24. The zero-order valence-corrected chi connectivity index (χ0v) is 16.3. The van der Waals surface area contributed by atoms with Crippen molar-refractivity contribution in [2.24, 2.45) is 29.6 Å². The lowest BCUT2D eigenvalue weighted by molar-refractivity contribution is -0.124. The molecule has 3 fully saturated rings. The highest BCUT2D eigenvalue weighted by atomic mass is 16.7. The van der Waals surface area contributed by atoms with Gasteiger partial charge in [0, 0.05) is 24.3 Å². The Morgan fingerprint density at radius 3 is 2.00 bits per heavy atom. The average molecular weight is 356 g/mol. The predicted molar refractivity (Wildman–Crippen MR) is 96.6 cm³/mol. The largest absolute Gasteiger partial charge is 0.378 e. The molecule has 6 unspecified atom stereocenters. The van der Waals surface area contributed by atoms with Crippen LogP contribution in [0, 0.1) is 29.6 Å². The van der Waals surface area contributed by atoms with Gasteiger partial charge in [0.15, 0.2) is 6.29 Å². The normalized spacial score (nSPS) is 41.3. The number of nitrogens with zero attached hydrogens (tertiary/aromatic N) is 1. The van der Waals surface area contributed by atoms with Gasteiger partial charge >= 0.3 is 0 Å². The molecule has 3 rings (SSSR count). The van der Waals surface area contributed by atoms with Gasteiger partial charge in [-0.25, -0.2) is 4.90 Å². The fourth-order valence-electron chi connectivity index (χ4n) is 5.24. The van der Waals surface area contributed by atoms with E-state index in [4.69, 9.17) is 9.47 Å². The summed E-state index contributed by atoms with van der Waals surface area (Å²) in [6.45, 7) is 9.64. The topological polar surface area (TPSA) is 62.2 Å². The smallest absolute Gasteiger partial charge is 0.161 e. The van der Waals surface area contributed by atoms with Crippen molar-refractivity contribution in [2.45, 2.75) is 84.6 Å². The van der Waals surface area contributed by atoms with Crippen LogP contribution < -0.4 is 0 Å². The number of ether oxygens (including phenoxy) is 2. The first-order valence-corrected chi connectivity index (χ1v) is 10.3. The average Bonchev–Trinajstić information content (AvgIpc) is 3.14. The number of hydrogen-bond donors (Lipinski definition) is 2. The molecule has 146 valence electrons. The molecule has 0 spiro atoms. The minimum atomic E-state index is -0.611. The molecule has 0 bridgehead atoms. The summed E-state index contributed by atoms with van der Waals surface area (Å²) in [4.78, 5) is 1.84. The van der Waals surface area contributed by atoms with Gasteiger partial charge in [0.1, 0.15) is 12.5 Å². The van der Waals surface area contributed by atoms with Crippen LogP contribution >= 0.6 is 0 Å². The standard InChI is InChI=1S/C20H37NO4/c1-12(2)16-17(13(3)4)19(23)21(18(16)22)10-15-11-24-20(25-15)14-8-6-5-7-9-14/h12-20,22-23H,5-11H2,1-4H3. The lowest BCUT2D eigenvalue weighted by Gasteiger charge is -2.29. The summed E-state index contributed by atoms with van der Waals surface area (Å²) in [5.41, 5.74) is 0. The SMILES string of the molecule is CC(C)C1C(C(C)C)C(O)N(CC2COC(C3CCCCC3)O2)C1O. The quantitative estimate of drug-likeness (QED) is 0.794. The summed E-state index contributed by atoms with van der Waals surface area (Å²) in [6.07, 6.45) is 4.88. The van der Waals surface area contributed by atoms with Crippen LogP contribution in [0.25, 0.3) is 0 Å². The third-order valence-corrected chi connectivity index (χ3v) is 6.57. The lowest BCUT2D eigenvalue weighted by Crippen LogP contribution is -2.44. The highest BCUT2D eigenvalue weighted by Crippen LogP contribution is 2.42. The molecule has 2 heterocycles. The lowest BCUT2D eigenvalue weighted by atomic mass is 9.78. The van der Waals surface area contributed by atoms with Crippen LogP contribution in [0.3, 0.4) is 0 Å². The minimum absolute atomic E-state index is 0.0602. The van der Waals surface area contributed by atoms with Crippen LogP contribution in [-0.2, 0) is 9.47 Å². The van der Waals surface area contributed by atoms with Crippen molar-refractivity contribution in [1.82, 2.24) is 4.90 Å². The van der Waals surface area contributed by atoms with Crippen LogP contribution in [0.2, 0.25) is 0 Å². The van der Waals surface area contributed by atoms with Gasteiger partial charge in [-0.05, 0) is 24.7 Å². The Kier molecular flexibility index (Phi) is 6.43. The molecule has 6 atom stereocenters. The third-order valence-electron chi connectivity index (χ3n) is 6.57. The maximum absolute atomic E-state index is 10.9. The van der Waals surface area contributed by atoms with E-state index in [2.05, 4.69) is 27.7 Å². The molecule has 0 radical (unpaired) electrons. The second-order valence-corrected chi connectivity index (χ2v) is 9.02. The number of rotatable bonds is 5. The molecule has 3 aliphatic rings. The molecule has 25 heavy (non-hydrogen) atoms. The molecule has 0 aromatic heterocycles. The molecule has 1 saturated carbocycles. The Labute approximate surface area is 152 Å². The molecule has 0 aromatic carbocycles. The summed E-state index contributed by atoms with van der Waals surface area (Å²) in [5, 5.41) is 21.7. The first-order valence-electron chi connectivity index (χ1n) is 10.3. The third kappa shape index (κ3) is 4.06. The van der Waals surface area contributed by atoms with E-state index in [0.29, 0.717) is 30.9 Å². The molecule has 2 N–H and O–H groups in total. The van der Waals surface area contributed by atoms with Crippen LogP contribution in [0.1, 0.15) is 59.8 Å². The van der Waals surface area contributed by atoms with Crippen molar-refractivity contribution in [3.05, 3.63) is 0 Å². The summed E-state index contributed by atoms with van der Waals surface area (Å²) < 4.78 is 12.1. The van der Waals surface area contributed by atoms with Crippen molar-refractivity contribution < 1.29 is 19.7 Å². The van der Waals surface area contributed by atoms with E-state index in [1.165, 1.54) is 32.1 Å².